The third kappa shape index (κ3) is 4.29. The van der Waals surface area contributed by atoms with Gasteiger partial charge >= 0.3 is 0 Å². The number of para-hydroxylation sites is 1. The molecule has 4 aromatic rings. The van der Waals surface area contributed by atoms with Gasteiger partial charge in [-0.2, -0.15) is 0 Å². The smallest absolute Gasteiger partial charge is 0.258 e. The zero-order valence-corrected chi connectivity index (χ0v) is 16.3. The summed E-state index contributed by atoms with van der Waals surface area (Å²) < 4.78 is 0. The van der Waals surface area contributed by atoms with Crippen molar-refractivity contribution in [3.8, 4) is 12.3 Å². The minimum atomic E-state index is -0.214. The molecule has 0 saturated carbocycles. The summed E-state index contributed by atoms with van der Waals surface area (Å²) in [5.41, 5.74) is 4.01. The number of anilines is 1. The summed E-state index contributed by atoms with van der Waals surface area (Å²) in [5.74, 6) is 3.05. The number of aromatic nitrogens is 2. The predicted octanol–water partition coefficient (Wildman–Crippen LogP) is 5.16. The standard InChI is InChI=1S/C24H17N3OS/c1-2-17-7-5-8-19(15-17)27-23(28)21-10-6-13-26-24(21)29-16-18-12-14-25-22-11-4-3-9-20(18)22/h1,3-15H,16H2,(H,27,28). The van der Waals surface area contributed by atoms with Gasteiger partial charge in [-0.05, 0) is 48.0 Å². The van der Waals surface area contributed by atoms with E-state index in [0.717, 1.165) is 16.5 Å². The molecule has 0 radical (unpaired) electrons. The van der Waals surface area contributed by atoms with E-state index < -0.39 is 0 Å². The second-order valence-corrected chi connectivity index (χ2v) is 7.28. The largest absolute Gasteiger partial charge is 0.322 e. The number of hydrogen-bond acceptors (Lipinski definition) is 4. The van der Waals surface area contributed by atoms with Crippen molar-refractivity contribution in [2.45, 2.75) is 10.8 Å². The fraction of sp³-hybridized carbons (Fsp3) is 0.0417. The number of pyridine rings is 2. The molecule has 29 heavy (non-hydrogen) atoms. The SMILES string of the molecule is C#Cc1cccc(NC(=O)c2cccnc2SCc2ccnc3ccccc23)c1. The highest BCUT2D eigenvalue weighted by Gasteiger charge is 2.14. The third-order valence-electron chi connectivity index (χ3n) is 4.41. The molecule has 2 aromatic carbocycles. The molecule has 0 aliphatic rings. The van der Waals surface area contributed by atoms with Gasteiger partial charge in [-0.1, -0.05) is 30.2 Å². The van der Waals surface area contributed by atoms with Gasteiger partial charge in [0.05, 0.1) is 11.1 Å². The van der Waals surface area contributed by atoms with Crippen LogP contribution in [0.2, 0.25) is 0 Å². The van der Waals surface area contributed by atoms with Gasteiger partial charge in [-0.3, -0.25) is 9.78 Å². The number of amides is 1. The summed E-state index contributed by atoms with van der Waals surface area (Å²) in [5, 5.41) is 4.69. The van der Waals surface area contributed by atoms with Crippen LogP contribution in [-0.4, -0.2) is 15.9 Å². The molecular weight excluding hydrogens is 378 g/mol. The fourth-order valence-corrected chi connectivity index (χ4v) is 3.99. The van der Waals surface area contributed by atoms with Crippen molar-refractivity contribution in [2.24, 2.45) is 0 Å². The number of nitrogens with zero attached hydrogens (tertiary/aromatic N) is 2. The Balaban J connectivity index is 1.55. The molecule has 0 unspecified atom stereocenters. The summed E-state index contributed by atoms with van der Waals surface area (Å²) >= 11 is 1.53. The maximum Gasteiger partial charge on any atom is 0.258 e. The van der Waals surface area contributed by atoms with Gasteiger partial charge in [0.15, 0.2) is 0 Å². The van der Waals surface area contributed by atoms with Crippen molar-refractivity contribution in [3.05, 3.63) is 95.8 Å². The Morgan fingerprint density at radius 2 is 1.90 bits per heavy atom. The molecule has 0 spiro atoms. The molecule has 4 rings (SSSR count). The third-order valence-corrected chi connectivity index (χ3v) is 5.46. The van der Waals surface area contributed by atoms with Gasteiger partial charge in [-0.25, -0.2) is 4.98 Å². The monoisotopic (exact) mass is 395 g/mol. The molecule has 4 nitrogen and oxygen atoms in total. The maximum atomic E-state index is 12.8. The molecule has 0 aliphatic carbocycles. The fourth-order valence-electron chi connectivity index (χ4n) is 2.99. The Labute approximate surface area is 173 Å². The maximum absolute atomic E-state index is 12.8. The topological polar surface area (TPSA) is 54.9 Å². The second-order valence-electron chi connectivity index (χ2n) is 6.31. The summed E-state index contributed by atoms with van der Waals surface area (Å²) in [4.78, 5) is 21.7. The van der Waals surface area contributed by atoms with E-state index in [0.29, 0.717) is 27.6 Å². The van der Waals surface area contributed by atoms with Crippen molar-refractivity contribution in [1.82, 2.24) is 9.97 Å². The first-order valence-electron chi connectivity index (χ1n) is 9.03. The Kier molecular flexibility index (Phi) is 5.55. The predicted molar refractivity (Wildman–Crippen MR) is 118 cm³/mol. The number of thioether (sulfide) groups is 1. The average Bonchev–Trinajstić information content (AvgIpc) is 2.78. The number of fused-ring (bicyclic) bond motifs is 1. The minimum Gasteiger partial charge on any atom is -0.322 e. The second kappa shape index (κ2) is 8.59. The Morgan fingerprint density at radius 1 is 1.00 bits per heavy atom. The normalized spacial score (nSPS) is 10.4. The summed E-state index contributed by atoms with van der Waals surface area (Å²) in [6.45, 7) is 0. The van der Waals surface area contributed by atoms with Crippen molar-refractivity contribution >= 4 is 34.3 Å². The number of rotatable bonds is 5. The van der Waals surface area contributed by atoms with Gasteiger partial charge in [0, 0.05) is 34.8 Å². The molecule has 0 atom stereocenters. The van der Waals surface area contributed by atoms with Crippen LogP contribution in [0.3, 0.4) is 0 Å². The zero-order chi connectivity index (χ0) is 20.1. The van der Waals surface area contributed by atoms with Gasteiger partial charge < -0.3 is 5.32 Å². The van der Waals surface area contributed by atoms with Crippen molar-refractivity contribution in [3.63, 3.8) is 0 Å². The molecule has 5 heteroatoms. The molecule has 0 saturated heterocycles. The number of benzene rings is 2. The first-order chi connectivity index (χ1) is 14.2. The molecule has 0 bridgehead atoms. The molecule has 2 heterocycles. The lowest BCUT2D eigenvalue weighted by atomic mass is 10.1. The van der Waals surface area contributed by atoms with Crippen LogP contribution >= 0.6 is 11.8 Å². The summed E-state index contributed by atoms with van der Waals surface area (Å²) in [7, 11) is 0. The lowest BCUT2D eigenvalue weighted by molar-refractivity contribution is 0.102. The molecule has 2 aromatic heterocycles. The molecule has 1 amide bonds. The van der Waals surface area contributed by atoms with Crippen molar-refractivity contribution in [2.75, 3.05) is 5.32 Å². The average molecular weight is 395 g/mol. The quantitative estimate of drug-likeness (QED) is 0.375. The van der Waals surface area contributed by atoms with Crippen LogP contribution in [0.4, 0.5) is 5.69 Å². The van der Waals surface area contributed by atoms with Crippen LogP contribution in [0.15, 0.2) is 84.1 Å². The number of carbonyl (C=O) groups excluding carboxylic acids is 1. The number of carbonyl (C=O) groups is 1. The van der Waals surface area contributed by atoms with E-state index in [1.165, 1.54) is 11.8 Å². The summed E-state index contributed by atoms with van der Waals surface area (Å²) in [6.07, 6.45) is 8.94. The van der Waals surface area contributed by atoms with Crippen molar-refractivity contribution in [1.29, 1.82) is 0 Å². The van der Waals surface area contributed by atoms with Crippen LogP contribution in [0.1, 0.15) is 21.5 Å². The van der Waals surface area contributed by atoms with Crippen molar-refractivity contribution < 1.29 is 4.79 Å². The van der Waals surface area contributed by atoms with Gasteiger partial charge in [0.25, 0.3) is 5.91 Å². The number of nitrogens with one attached hydrogen (secondary N) is 1. The Bertz CT molecular complexity index is 1220. The van der Waals surface area contributed by atoms with E-state index in [1.807, 2.05) is 48.7 Å². The summed E-state index contributed by atoms with van der Waals surface area (Å²) in [6, 6.07) is 20.8. The van der Waals surface area contributed by atoms with E-state index in [4.69, 9.17) is 6.42 Å². The molecule has 0 aliphatic heterocycles. The molecule has 140 valence electrons. The van der Waals surface area contributed by atoms with E-state index in [9.17, 15) is 4.79 Å². The van der Waals surface area contributed by atoms with E-state index >= 15 is 0 Å². The minimum absolute atomic E-state index is 0.214. The van der Waals surface area contributed by atoms with E-state index in [1.54, 1.807) is 24.4 Å². The molecule has 1 N–H and O–H groups in total. The van der Waals surface area contributed by atoms with Crippen LogP contribution in [-0.2, 0) is 5.75 Å². The zero-order valence-electron chi connectivity index (χ0n) is 15.5. The van der Waals surface area contributed by atoms with Gasteiger partial charge in [-0.15, -0.1) is 18.2 Å². The van der Waals surface area contributed by atoms with Crippen LogP contribution in [0, 0.1) is 12.3 Å². The highest BCUT2D eigenvalue weighted by molar-refractivity contribution is 7.98. The highest BCUT2D eigenvalue weighted by Crippen LogP contribution is 2.28. The molecular formula is C24H17N3OS. The number of terminal acetylenes is 1. The lowest BCUT2D eigenvalue weighted by Crippen LogP contribution is -2.13. The molecule has 0 fully saturated rings. The van der Waals surface area contributed by atoms with Crippen LogP contribution < -0.4 is 5.32 Å². The Hall–Kier alpha value is -3.62. The van der Waals surface area contributed by atoms with Crippen LogP contribution in [0.25, 0.3) is 10.9 Å². The first-order valence-corrected chi connectivity index (χ1v) is 10.0. The van der Waals surface area contributed by atoms with E-state index in [2.05, 4.69) is 27.3 Å². The number of hydrogen-bond donors (Lipinski definition) is 1. The lowest BCUT2D eigenvalue weighted by Gasteiger charge is -2.10. The van der Waals surface area contributed by atoms with Gasteiger partial charge in [0.1, 0.15) is 5.03 Å². The Morgan fingerprint density at radius 3 is 2.79 bits per heavy atom. The van der Waals surface area contributed by atoms with Gasteiger partial charge in [0.2, 0.25) is 0 Å². The highest BCUT2D eigenvalue weighted by atomic mass is 32.2. The van der Waals surface area contributed by atoms with E-state index in [-0.39, 0.29) is 5.91 Å². The first kappa shape index (κ1) is 18.7. The van der Waals surface area contributed by atoms with Crippen LogP contribution in [0.5, 0.6) is 0 Å².